The van der Waals surface area contributed by atoms with Gasteiger partial charge in [0.2, 0.25) is 0 Å². The van der Waals surface area contributed by atoms with Crippen molar-refractivity contribution >= 4 is 22.0 Å². The van der Waals surface area contributed by atoms with E-state index in [1.54, 1.807) is 7.11 Å². The maximum absolute atomic E-state index is 5.17. The second-order valence-corrected chi connectivity index (χ2v) is 4.17. The molecule has 1 aromatic carbocycles. The lowest BCUT2D eigenvalue weighted by Gasteiger charge is -2.13. The van der Waals surface area contributed by atoms with Crippen LogP contribution in [-0.4, -0.2) is 7.11 Å². The van der Waals surface area contributed by atoms with Gasteiger partial charge in [-0.25, -0.2) is 0 Å². The fraction of sp³-hybridized carbons (Fsp3) is 0.273. The van der Waals surface area contributed by atoms with Gasteiger partial charge in [0.1, 0.15) is 5.75 Å². The molecule has 0 saturated heterocycles. The summed E-state index contributed by atoms with van der Waals surface area (Å²) in [5.41, 5.74) is 2.68. The predicted molar refractivity (Wildman–Crippen MR) is 58.2 cm³/mol. The number of hydrogen-bond donors (Lipinski definition) is 0. The molecule has 68 valence electrons. The monoisotopic (exact) mass is 238 g/mol. The lowest BCUT2D eigenvalue weighted by Crippen LogP contribution is -1.96. The maximum Gasteiger partial charge on any atom is 0.119 e. The summed E-state index contributed by atoms with van der Waals surface area (Å²) in [7, 11) is 1.70. The van der Waals surface area contributed by atoms with Gasteiger partial charge >= 0.3 is 0 Å². The summed E-state index contributed by atoms with van der Waals surface area (Å²) in [4.78, 5) is 0. The summed E-state index contributed by atoms with van der Waals surface area (Å²) < 4.78 is 6.46. The summed E-state index contributed by atoms with van der Waals surface area (Å²) in [6.45, 7) is 0. The minimum Gasteiger partial charge on any atom is -0.497 e. The second-order valence-electron chi connectivity index (χ2n) is 3.16. The van der Waals surface area contributed by atoms with Crippen molar-refractivity contribution < 1.29 is 4.74 Å². The van der Waals surface area contributed by atoms with Crippen molar-refractivity contribution in [1.29, 1.82) is 0 Å². The van der Waals surface area contributed by atoms with E-state index in [2.05, 4.69) is 34.1 Å². The van der Waals surface area contributed by atoms with Crippen LogP contribution in [0.25, 0.3) is 6.08 Å². The van der Waals surface area contributed by atoms with Gasteiger partial charge < -0.3 is 4.74 Å². The van der Waals surface area contributed by atoms with Crippen LogP contribution >= 0.6 is 15.9 Å². The van der Waals surface area contributed by atoms with Crippen LogP contribution in [0, 0.1) is 0 Å². The Kier molecular flexibility index (Phi) is 2.40. The number of fused-ring (bicyclic) bond motifs is 1. The number of aryl methyl sites for hydroxylation is 1. The number of hydrogen-bond acceptors (Lipinski definition) is 1. The normalized spacial score (nSPS) is 14.8. The Morgan fingerprint density at radius 3 is 2.92 bits per heavy atom. The zero-order valence-corrected chi connectivity index (χ0v) is 9.10. The SMILES string of the molecule is COc1ccc2c(c1)CCC(Br)=C2. The van der Waals surface area contributed by atoms with E-state index in [-0.39, 0.29) is 0 Å². The number of allylic oxidation sites excluding steroid dienone is 1. The summed E-state index contributed by atoms with van der Waals surface area (Å²) in [6, 6.07) is 6.22. The van der Waals surface area contributed by atoms with Crippen LogP contribution < -0.4 is 4.74 Å². The third kappa shape index (κ3) is 1.78. The fourth-order valence-corrected chi connectivity index (χ4v) is 2.01. The zero-order chi connectivity index (χ0) is 9.26. The van der Waals surface area contributed by atoms with Crippen LogP contribution in [0.1, 0.15) is 17.5 Å². The van der Waals surface area contributed by atoms with Crippen LogP contribution in [0.2, 0.25) is 0 Å². The van der Waals surface area contributed by atoms with E-state index in [4.69, 9.17) is 4.74 Å². The first-order chi connectivity index (χ1) is 6.29. The van der Waals surface area contributed by atoms with Gasteiger partial charge in [0.05, 0.1) is 7.11 Å². The summed E-state index contributed by atoms with van der Waals surface area (Å²) >= 11 is 3.52. The molecule has 13 heavy (non-hydrogen) atoms. The highest BCUT2D eigenvalue weighted by Crippen LogP contribution is 2.29. The molecule has 0 heterocycles. The molecule has 0 N–H and O–H groups in total. The predicted octanol–water partition coefficient (Wildman–Crippen LogP) is 3.38. The van der Waals surface area contributed by atoms with E-state index in [0.29, 0.717) is 0 Å². The first-order valence-corrected chi connectivity index (χ1v) is 5.12. The number of halogens is 1. The topological polar surface area (TPSA) is 9.23 Å². The molecular formula is C11H11BrO. The van der Waals surface area contributed by atoms with E-state index in [1.165, 1.54) is 15.6 Å². The Bertz CT molecular complexity index is 355. The van der Waals surface area contributed by atoms with E-state index in [1.807, 2.05) is 6.07 Å². The maximum atomic E-state index is 5.17. The van der Waals surface area contributed by atoms with E-state index in [0.717, 1.165) is 18.6 Å². The number of ether oxygens (including phenoxy) is 1. The van der Waals surface area contributed by atoms with E-state index < -0.39 is 0 Å². The molecule has 0 unspecified atom stereocenters. The Morgan fingerprint density at radius 1 is 1.31 bits per heavy atom. The van der Waals surface area contributed by atoms with Crippen molar-refractivity contribution in [1.82, 2.24) is 0 Å². The highest BCUT2D eigenvalue weighted by Gasteiger charge is 2.08. The number of rotatable bonds is 1. The Labute approximate surface area is 86.5 Å². The van der Waals surface area contributed by atoms with Crippen molar-refractivity contribution in [2.75, 3.05) is 7.11 Å². The molecule has 2 rings (SSSR count). The quantitative estimate of drug-likeness (QED) is 0.729. The van der Waals surface area contributed by atoms with Crippen molar-refractivity contribution in [3.8, 4) is 5.75 Å². The standard InChI is InChI=1S/C11H11BrO/c1-13-11-5-3-8-6-10(12)4-2-9(8)7-11/h3,5-7H,2,4H2,1H3. The molecule has 1 aliphatic rings. The van der Waals surface area contributed by atoms with Crippen LogP contribution in [0.4, 0.5) is 0 Å². The fourth-order valence-electron chi connectivity index (χ4n) is 1.56. The third-order valence-corrected chi connectivity index (χ3v) is 2.92. The molecule has 0 amide bonds. The van der Waals surface area contributed by atoms with Gasteiger partial charge in [-0.15, -0.1) is 0 Å². The summed E-state index contributed by atoms with van der Waals surface area (Å²) in [5.74, 6) is 0.949. The molecule has 0 aromatic heterocycles. The van der Waals surface area contributed by atoms with Gasteiger partial charge in [0.25, 0.3) is 0 Å². The molecule has 0 bridgehead atoms. The van der Waals surface area contributed by atoms with Gasteiger partial charge in [-0.1, -0.05) is 22.0 Å². The molecule has 0 fully saturated rings. The smallest absolute Gasteiger partial charge is 0.119 e. The highest BCUT2D eigenvalue weighted by molar-refractivity contribution is 9.11. The van der Waals surface area contributed by atoms with E-state index >= 15 is 0 Å². The largest absolute Gasteiger partial charge is 0.497 e. The lowest BCUT2D eigenvalue weighted by molar-refractivity contribution is 0.414. The first kappa shape index (κ1) is 8.82. The molecular weight excluding hydrogens is 228 g/mol. The Morgan fingerprint density at radius 2 is 2.15 bits per heavy atom. The summed E-state index contributed by atoms with van der Waals surface area (Å²) in [6.07, 6.45) is 4.38. The molecule has 2 heteroatoms. The molecule has 0 aliphatic heterocycles. The van der Waals surface area contributed by atoms with Crippen LogP contribution in [0.15, 0.2) is 22.7 Å². The van der Waals surface area contributed by atoms with Crippen molar-refractivity contribution in [2.45, 2.75) is 12.8 Å². The van der Waals surface area contributed by atoms with Crippen LogP contribution in [0.5, 0.6) is 5.75 Å². The van der Waals surface area contributed by atoms with Crippen molar-refractivity contribution in [3.63, 3.8) is 0 Å². The number of benzene rings is 1. The van der Waals surface area contributed by atoms with Gasteiger partial charge in [-0.2, -0.15) is 0 Å². The molecule has 0 radical (unpaired) electrons. The molecule has 1 nitrogen and oxygen atoms in total. The van der Waals surface area contributed by atoms with Gasteiger partial charge in [0.15, 0.2) is 0 Å². The lowest BCUT2D eigenvalue weighted by atomic mass is 9.97. The van der Waals surface area contributed by atoms with Gasteiger partial charge in [-0.3, -0.25) is 0 Å². The average molecular weight is 239 g/mol. The first-order valence-electron chi connectivity index (χ1n) is 4.32. The van der Waals surface area contributed by atoms with Crippen LogP contribution in [0.3, 0.4) is 0 Å². The molecule has 0 atom stereocenters. The summed E-state index contributed by atoms with van der Waals surface area (Å²) in [5, 5.41) is 0. The Balaban J connectivity index is 2.43. The zero-order valence-electron chi connectivity index (χ0n) is 7.51. The van der Waals surface area contributed by atoms with Gasteiger partial charge in [0, 0.05) is 0 Å². The molecule has 0 saturated carbocycles. The van der Waals surface area contributed by atoms with Gasteiger partial charge in [-0.05, 0) is 46.7 Å². The van der Waals surface area contributed by atoms with Crippen LogP contribution in [-0.2, 0) is 6.42 Å². The second kappa shape index (κ2) is 3.54. The van der Waals surface area contributed by atoms with E-state index in [9.17, 15) is 0 Å². The third-order valence-electron chi connectivity index (χ3n) is 2.30. The minimum absolute atomic E-state index is 0.949. The highest BCUT2D eigenvalue weighted by atomic mass is 79.9. The molecule has 1 aromatic rings. The van der Waals surface area contributed by atoms with Crippen molar-refractivity contribution in [3.05, 3.63) is 33.8 Å². The minimum atomic E-state index is 0.949. The molecule has 1 aliphatic carbocycles. The Hall–Kier alpha value is -0.760. The van der Waals surface area contributed by atoms with Crippen molar-refractivity contribution in [2.24, 2.45) is 0 Å². The number of methoxy groups -OCH3 is 1. The average Bonchev–Trinajstić information content (AvgIpc) is 2.17. The molecule has 0 spiro atoms.